The Balaban J connectivity index is 2.19. The van der Waals surface area contributed by atoms with Gasteiger partial charge >= 0.3 is 0 Å². The maximum absolute atomic E-state index is 5.99. The standard InChI is InChI=1S/C15H23NO2/c1-14(2,3)18-16-12-10-15(4,5)17-13-9-7-6-8-11(12)13/h6-9,12,16H,10H2,1-5H3. The monoisotopic (exact) mass is 249 g/mol. The number of hydrogen-bond acceptors (Lipinski definition) is 3. The van der Waals surface area contributed by atoms with Gasteiger partial charge in [0, 0.05) is 12.0 Å². The van der Waals surface area contributed by atoms with Crippen LogP contribution in [0.2, 0.25) is 0 Å². The Hall–Kier alpha value is -1.06. The van der Waals surface area contributed by atoms with E-state index in [-0.39, 0.29) is 17.2 Å². The zero-order chi connectivity index (χ0) is 13.4. The van der Waals surface area contributed by atoms with Crippen LogP contribution >= 0.6 is 0 Å². The first kappa shape index (κ1) is 13.4. The summed E-state index contributed by atoms with van der Waals surface area (Å²) in [6.07, 6.45) is 0.889. The third-order valence-electron chi connectivity index (χ3n) is 2.88. The molecule has 1 N–H and O–H groups in total. The highest BCUT2D eigenvalue weighted by molar-refractivity contribution is 5.38. The minimum Gasteiger partial charge on any atom is -0.487 e. The summed E-state index contributed by atoms with van der Waals surface area (Å²) < 4.78 is 5.99. The number of benzene rings is 1. The van der Waals surface area contributed by atoms with E-state index in [1.807, 2.05) is 39.0 Å². The van der Waals surface area contributed by atoms with Crippen molar-refractivity contribution in [1.82, 2.24) is 5.48 Å². The second-order valence-corrected chi connectivity index (χ2v) is 6.49. The first-order chi connectivity index (χ1) is 8.27. The zero-order valence-electron chi connectivity index (χ0n) is 11.9. The molecule has 1 atom stereocenters. The number of rotatable bonds is 2. The highest BCUT2D eigenvalue weighted by atomic mass is 16.7. The first-order valence-corrected chi connectivity index (χ1v) is 6.48. The molecule has 1 aromatic carbocycles. The molecule has 0 saturated heterocycles. The molecule has 0 saturated carbocycles. The predicted octanol–water partition coefficient (Wildman–Crippen LogP) is 3.61. The van der Waals surface area contributed by atoms with Crippen LogP contribution in [0.15, 0.2) is 24.3 Å². The van der Waals surface area contributed by atoms with Crippen LogP contribution in [0, 0.1) is 0 Å². The fourth-order valence-corrected chi connectivity index (χ4v) is 2.16. The van der Waals surface area contributed by atoms with Crippen LogP contribution in [0.4, 0.5) is 0 Å². The van der Waals surface area contributed by atoms with E-state index >= 15 is 0 Å². The minimum atomic E-state index is -0.197. The number of para-hydroxylation sites is 1. The van der Waals surface area contributed by atoms with E-state index < -0.39 is 0 Å². The highest BCUT2D eigenvalue weighted by Gasteiger charge is 2.34. The average molecular weight is 249 g/mol. The van der Waals surface area contributed by atoms with E-state index in [0.29, 0.717) is 0 Å². The van der Waals surface area contributed by atoms with Crippen molar-refractivity contribution in [3.05, 3.63) is 29.8 Å². The van der Waals surface area contributed by atoms with Gasteiger partial charge in [0.15, 0.2) is 0 Å². The second kappa shape index (κ2) is 4.56. The van der Waals surface area contributed by atoms with E-state index in [2.05, 4.69) is 25.4 Å². The molecule has 18 heavy (non-hydrogen) atoms. The summed E-state index contributed by atoms with van der Waals surface area (Å²) in [5.74, 6) is 0.948. The minimum absolute atomic E-state index is 0.171. The third kappa shape index (κ3) is 3.24. The van der Waals surface area contributed by atoms with Gasteiger partial charge in [0.25, 0.3) is 0 Å². The molecule has 1 heterocycles. The van der Waals surface area contributed by atoms with Crippen molar-refractivity contribution < 1.29 is 9.57 Å². The van der Waals surface area contributed by atoms with Gasteiger partial charge in [0.05, 0.1) is 11.6 Å². The zero-order valence-corrected chi connectivity index (χ0v) is 11.9. The van der Waals surface area contributed by atoms with Crippen LogP contribution in [0.3, 0.4) is 0 Å². The summed E-state index contributed by atoms with van der Waals surface area (Å²) in [7, 11) is 0. The van der Waals surface area contributed by atoms with Crippen molar-refractivity contribution >= 4 is 0 Å². The summed E-state index contributed by atoms with van der Waals surface area (Å²) in [5.41, 5.74) is 3.99. The molecule has 1 unspecified atom stereocenters. The molecular weight excluding hydrogens is 226 g/mol. The van der Waals surface area contributed by atoms with Crippen molar-refractivity contribution in [2.24, 2.45) is 0 Å². The molecule has 0 fully saturated rings. The van der Waals surface area contributed by atoms with E-state index in [1.54, 1.807) is 0 Å². The Morgan fingerprint density at radius 2 is 1.94 bits per heavy atom. The van der Waals surface area contributed by atoms with Crippen molar-refractivity contribution in [3.8, 4) is 5.75 Å². The number of hydrogen-bond donors (Lipinski definition) is 1. The Bertz CT molecular complexity index is 421. The van der Waals surface area contributed by atoms with Gasteiger partial charge in [-0.05, 0) is 40.7 Å². The Kier molecular flexibility index (Phi) is 3.39. The quantitative estimate of drug-likeness (QED) is 0.812. The molecule has 0 radical (unpaired) electrons. The fourth-order valence-electron chi connectivity index (χ4n) is 2.16. The molecule has 0 aromatic heterocycles. The van der Waals surface area contributed by atoms with Crippen molar-refractivity contribution in [2.45, 2.75) is 58.3 Å². The molecule has 1 aliphatic rings. The summed E-state index contributed by atoms with van der Waals surface area (Å²) in [5, 5.41) is 0. The topological polar surface area (TPSA) is 30.5 Å². The lowest BCUT2D eigenvalue weighted by Gasteiger charge is -2.38. The number of ether oxygens (including phenoxy) is 1. The maximum atomic E-state index is 5.99. The van der Waals surface area contributed by atoms with Crippen LogP contribution in [-0.4, -0.2) is 11.2 Å². The Morgan fingerprint density at radius 3 is 2.61 bits per heavy atom. The molecule has 1 aromatic rings. The van der Waals surface area contributed by atoms with Gasteiger partial charge in [-0.25, -0.2) is 0 Å². The number of fused-ring (bicyclic) bond motifs is 1. The fraction of sp³-hybridized carbons (Fsp3) is 0.600. The Morgan fingerprint density at radius 1 is 1.28 bits per heavy atom. The molecule has 0 bridgehead atoms. The summed E-state index contributed by atoms with van der Waals surface area (Å²) in [4.78, 5) is 5.71. The van der Waals surface area contributed by atoms with Crippen LogP contribution in [0.5, 0.6) is 5.75 Å². The maximum Gasteiger partial charge on any atom is 0.124 e. The molecule has 100 valence electrons. The van der Waals surface area contributed by atoms with Crippen LogP contribution in [-0.2, 0) is 4.84 Å². The highest BCUT2D eigenvalue weighted by Crippen LogP contribution is 2.39. The van der Waals surface area contributed by atoms with Gasteiger partial charge in [-0.2, -0.15) is 5.48 Å². The normalized spacial score (nSPS) is 22.2. The molecule has 0 spiro atoms. The molecule has 0 amide bonds. The summed E-state index contributed by atoms with van der Waals surface area (Å²) in [6.45, 7) is 10.3. The Labute approximate surface area is 109 Å². The number of nitrogens with one attached hydrogen (secondary N) is 1. The smallest absolute Gasteiger partial charge is 0.124 e. The van der Waals surface area contributed by atoms with Gasteiger partial charge in [0.1, 0.15) is 11.4 Å². The predicted molar refractivity (Wildman–Crippen MR) is 72.5 cm³/mol. The van der Waals surface area contributed by atoms with E-state index in [4.69, 9.17) is 9.57 Å². The molecular formula is C15H23NO2. The molecule has 3 nitrogen and oxygen atoms in total. The third-order valence-corrected chi connectivity index (χ3v) is 2.88. The van der Waals surface area contributed by atoms with Gasteiger partial charge in [-0.15, -0.1) is 0 Å². The second-order valence-electron chi connectivity index (χ2n) is 6.49. The van der Waals surface area contributed by atoms with Gasteiger partial charge < -0.3 is 4.74 Å². The van der Waals surface area contributed by atoms with Crippen molar-refractivity contribution in [1.29, 1.82) is 0 Å². The molecule has 0 aliphatic carbocycles. The average Bonchev–Trinajstić information content (AvgIpc) is 2.23. The van der Waals surface area contributed by atoms with E-state index in [1.165, 1.54) is 5.56 Å². The largest absolute Gasteiger partial charge is 0.487 e. The van der Waals surface area contributed by atoms with Gasteiger partial charge in [0.2, 0.25) is 0 Å². The van der Waals surface area contributed by atoms with E-state index in [0.717, 1.165) is 12.2 Å². The lowest BCUT2D eigenvalue weighted by molar-refractivity contribution is -0.102. The van der Waals surface area contributed by atoms with Crippen molar-refractivity contribution in [2.75, 3.05) is 0 Å². The van der Waals surface area contributed by atoms with Crippen LogP contribution in [0.1, 0.15) is 52.6 Å². The van der Waals surface area contributed by atoms with Crippen molar-refractivity contribution in [3.63, 3.8) is 0 Å². The lowest BCUT2D eigenvalue weighted by atomic mass is 9.90. The van der Waals surface area contributed by atoms with Crippen LogP contribution in [0.25, 0.3) is 0 Å². The molecule has 2 rings (SSSR count). The lowest BCUT2D eigenvalue weighted by Crippen LogP contribution is -2.41. The van der Waals surface area contributed by atoms with E-state index in [9.17, 15) is 0 Å². The molecule has 3 heteroatoms. The SMILES string of the molecule is CC(C)(C)ONC1CC(C)(C)Oc2ccccc21. The van der Waals surface area contributed by atoms with Crippen LogP contribution < -0.4 is 10.2 Å². The molecule has 1 aliphatic heterocycles. The summed E-state index contributed by atoms with van der Waals surface area (Å²) >= 11 is 0. The number of hydroxylamine groups is 1. The van der Waals surface area contributed by atoms with Gasteiger partial charge in [-0.1, -0.05) is 18.2 Å². The summed E-state index contributed by atoms with van der Waals surface area (Å²) in [6, 6.07) is 8.31. The van der Waals surface area contributed by atoms with Gasteiger partial charge in [-0.3, -0.25) is 4.84 Å². The first-order valence-electron chi connectivity index (χ1n) is 6.48.